The van der Waals surface area contributed by atoms with Crippen LogP contribution in [-0.4, -0.2) is 24.9 Å². The fourth-order valence-electron chi connectivity index (χ4n) is 3.62. The van der Waals surface area contributed by atoms with Gasteiger partial charge >= 0.3 is 0 Å². The van der Waals surface area contributed by atoms with Crippen LogP contribution in [0.2, 0.25) is 0 Å². The standard InChI is InChI=1S/C25H25N3O2/c29-24(26-18-19-7-2-1-3-8-19)20-9-6-10-21(17-20)25(30)27-22-11-13-23(14-12-22)28-15-4-5-16-28/h1-3,6-14,17H,4-5,15-16,18H2,(H,26,29)(H,27,30). The number of rotatable bonds is 6. The lowest BCUT2D eigenvalue weighted by Gasteiger charge is -2.17. The van der Waals surface area contributed by atoms with E-state index in [1.54, 1.807) is 24.3 Å². The molecule has 0 aromatic heterocycles. The SMILES string of the molecule is O=C(NCc1ccccc1)c1cccc(C(=O)Nc2ccc(N3CCCC3)cc2)c1. The maximum atomic E-state index is 12.7. The Bertz CT molecular complexity index is 1010. The molecule has 0 atom stereocenters. The van der Waals surface area contributed by atoms with Gasteiger partial charge in [-0.15, -0.1) is 0 Å². The number of nitrogens with one attached hydrogen (secondary N) is 2. The highest BCUT2D eigenvalue weighted by Crippen LogP contribution is 2.22. The van der Waals surface area contributed by atoms with Gasteiger partial charge < -0.3 is 15.5 Å². The molecule has 30 heavy (non-hydrogen) atoms. The quantitative estimate of drug-likeness (QED) is 0.643. The zero-order valence-corrected chi connectivity index (χ0v) is 16.8. The highest BCUT2D eigenvalue weighted by Gasteiger charge is 2.13. The second-order valence-corrected chi connectivity index (χ2v) is 7.44. The van der Waals surface area contributed by atoms with Crippen LogP contribution in [0.3, 0.4) is 0 Å². The van der Waals surface area contributed by atoms with Crippen molar-refractivity contribution in [1.82, 2.24) is 5.32 Å². The van der Waals surface area contributed by atoms with E-state index >= 15 is 0 Å². The van der Waals surface area contributed by atoms with E-state index in [9.17, 15) is 9.59 Å². The molecule has 0 saturated carbocycles. The Balaban J connectivity index is 1.37. The van der Waals surface area contributed by atoms with Crippen LogP contribution in [0.15, 0.2) is 78.9 Å². The summed E-state index contributed by atoms with van der Waals surface area (Å²) in [5.74, 6) is -0.440. The lowest BCUT2D eigenvalue weighted by molar-refractivity contribution is 0.0951. The molecule has 1 aliphatic heterocycles. The second-order valence-electron chi connectivity index (χ2n) is 7.44. The molecule has 5 heteroatoms. The molecule has 3 aromatic carbocycles. The van der Waals surface area contributed by atoms with Crippen LogP contribution in [0.1, 0.15) is 39.1 Å². The molecular weight excluding hydrogens is 374 g/mol. The van der Waals surface area contributed by atoms with Crippen LogP contribution in [0.5, 0.6) is 0 Å². The number of anilines is 2. The summed E-state index contributed by atoms with van der Waals surface area (Å²) in [7, 11) is 0. The molecule has 1 heterocycles. The Morgan fingerprint density at radius 3 is 2.13 bits per heavy atom. The Labute approximate surface area is 176 Å². The lowest BCUT2D eigenvalue weighted by Crippen LogP contribution is -2.23. The molecule has 0 unspecified atom stereocenters. The van der Waals surface area contributed by atoms with Gasteiger partial charge in [0.05, 0.1) is 0 Å². The monoisotopic (exact) mass is 399 g/mol. The molecule has 3 aromatic rings. The van der Waals surface area contributed by atoms with Gasteiger partial charge in [0.25, 0.3) is 11.8 Å². The zero-order chi connectivity index (χ0) is 20.8. The minimum atomic E-state index is -0.235. The molecule has 4 rings (SSSR count). The van der Waals surface area contributed by atoms with Gasteiger partial charge in [-0.1, -0.05) is 36.4 Å². The summed E-state index contributed by atoms with van der Waals surface area (Å²) in [6.07, 6.45) is 2.46. The van der Waals surface area contributed by atoms with Crippen molar-refractivity contribution in [3.63, 3.8) is 0 Å². The lowest BCUT2D eigenvalue weighted by atomic mass is 10.1. The number of amides is 2. The molecule has 1 fully saturated rings. The Morgan fingerprint density at radius 1 is 0.767 bits per heavy atom. The average Bonchev–Trinajstić information content (AvgIpc) is 3.34. The molecule has 0 spiro atoms. The number of hydrogen-bond acceptors (Lipinski definition) is 3. The summed E-state index contributed by atoms with van der Waals surface area (Å²) in [5.41, 5.74) is 3.86. The van der Waals surface area contributed by atoms with E-state index < -0.39 is 0 Å². The van der Waals surface area contributed by atoms with Gasteiger partial charge in [0, 0.05) is 42.1 Å². The van der Waals surface area contributed by atoms with Crippen LogP contribution >= 0.6 is 0 Å². The van der Waals surface area contributed by atoms with Gasteiger partial charge in [0.2, 0.25) is 0 Å². The number of carbonyl (C=O) groups is 2. The summed E-state index contributed by atoms with van der Waals surface area (Å²) in [6.45, 7) is 2.62. The van der Waals surface area contributed by atoms with Crippen molar-refractivity contribution in [2.24, 2.45) is 0 Å². The van der Waals surface area contributed by atoms with E-state index in [0.717, 1.165) is 24.3 Å². The third-order valence-electron chi connectivity index (χ3n) is 5.28. The first-order valence-corrected chi connectivity index (χ1v) is 10.3. The fourth-order valence-corrected chi connectivity index (χ4v) is 3.62. The minimum absolute atomic E-state index is 0.205. The molecule has 152 valence electrons. The van der Waals surface area contributed by atoms with E-state index in [0.29, 0.717) is 17.7 Å². The molecule has 2 amide bonds. The summed E-state index contributed by atoms with van der Waals surface area (Å²) in [4.78, 5) is 27.5. The third-order valence-corrected chi connectivity index (χ3v) is 5.28. The predicted molar refractivity (Wildman–Crippen MR) is 120 cm³/mol. The number of nitrogens with zero attached hydrogens (tertiary/aromatic N) is 1. The second kappa shape index (κ2) is 9.27. The molecule has 0 bridgehead atoms. The fraction of sp³-hybridized carbons (Fsp3) is 0.200. The van der Waals surface area contributed by atoms with E-state index in [4.69, 9.17) is 0 Å². The molecule has 0 radical (unpaired) electrons. The van der Waals surface area contributed by atoms with E-state index in [2.05, 4.69) is 15.5 Å². The van der Waals surface area contributed by atoms with Crippen molar-refractivity contribution in [2.75, 3.05) is 23.3 Å². The van der Waals surface area contributed by atoms with Gasteiger partial charge in [-0.3, -0.25) is 9.59 Å². The minimum Gasteiger partial charge on any atom is -0.372 e. The van der Waals surface area contributed by atoms with Crippen molar-refractivity contribution in [1.29, 1.82) is 0 Å². The Kier molecular flexibility index (Phi) is 6.09. The van der Waals surface area contributed by atoms with Crippen molar-refractivity contribution in [2.45, 2.75) is 19.4 Å². The van der Waals surface area contributed by atoms with Crippen LogP contribution in [0, 0.1) is 0 Å². The van der Waals surface area contributed by atoms with Crippen molar-refractivity contribution in [3.05, 3.63) is 95.6 Å². The molecule has 5 nitrogen and oxygen atoms in total. The average molecular weight is 399 g/mol. The first kappa shape index (κ1) is 19.7. The number of benzene rings is 3. The van der Waals surface area contributed by atoms with Crippen LogP contribution in [-0.2, 0) is 6.54 Å². The maximum Gasteiger partial charge on any atom is 0.255 e. The maximum absolute atomic E-state index is 12.7. The zero-order valence-electron chi connectivity index (χ0n) is 16.8. The van der Waals surface area contributed by atoms with Crippen molar-refractivity contribution < 1.29 is 9.59 Å². The molecule has 1 aliphatic rings. The number of carbonyl (C=O) groups excluding carboxylic acids is 2. The molecule has 1 saturated heterocycles. The van der Waals surface area contributed by atoms with Gasteiger partial charge in [-0.25, -0.2) is 0 Å². The largest absolute Gasteiger partial charge is 0.372 e. The topological polar surface area (TPSA) is 61.4 Å². The van der Waals surface area contributed by atoms with E-state index in [-0.39, 0.29) is 11.8 Å². The number of hydrogen-bond donors (Lipinski definition) is 2. The molecule has 2 N–H and O–H groups in total. The first-order chi connectivity index (χ1) is 14.7. The summed E-state index contributed by atoms with van der Waals surface area (Å²) < 4.78 is 0. The van der Waals surface area contributed by atoms with E-state index in [1.165, 1.54) is 18.5 Å². The first-order valence-electron chi connectivity index (χ1n) is 10.3. The third kappa shape index (κ3) is 4.87. The summed E-state index contributed by atoms with van der Waals surface area (Å²) in [6, 6.07) is 24.4. The molecule has 0 aliphatic carbocycles. The van der Waals surface area contributed by atoms with Crippen LogP contribution in [0.4, 0.5) is 11.4 Å². The molecular formula is C25H25N3O2. The van der Waals surface area contributed by atoms with Gasteiger partial charge in [0.15, 0.2) is 0 Å². The van der Waals surface area contributed by atoms with Crippen molar-refractivity contribution >= 4 is 23.2 Å². The highest BCUT2D eigenvalue weighted by atomic mass is 16.2. The van der Waals surface area contributed by atoms with Crippen molar-refractivity contribution in [3.8, 4) is 0 Å². The summed E-state index contributed by atoms with van der Waals surface area (Å²) >= 11 is 0. The normalized spacial score (nSPS) is 13.1. The van der Waals surface area contributed by atoms with Gasteiger partial charge in [-0.2, -0.15) is 0 Å². The summed E-state index contributed by atoms with van der Waals surface area (Å²) in [5, 5.41) is 5.80. The highest BCUT2D eigenvalue weighted by molar-refractivity contribution is 6.06. The van der Waals surface area contributed by atoms with E-state index in [1.807, 2.05) is 54.6 Å². The Hall–Kier alpha value is -3.60. The van der Waals surface area contributed by atoms with Crippen LogP contribution < -0.4 is 15.5 Å². The smallest absolute Gasteiger partial charge is 0.255 e. The van der Waals surface area contributed by atoms with Gasteiger partial charge in [0.1, 0.15) is 0 Å². The predicted octanol–water partition coefficient (Wildman–Crippen LogP) is 4.47. The van der Waals surface area contributed by atoms with Gasteiger partial charge in [-0.05, 0) is 60.9 Å². The Morgan fingerprint density at radius 2 is 1.43 bits per heavy atom. The van der Waals surface area contributed by atoms with Crippen LogP contribution in [0.25, 0.3) is 0 Å².